The minimum atomic E-state index is -0.520. The number of ether oxygens (including phenoxy) is 1. The maximum atomic E-state index is 12.0. The van der Waals surface area contributed by atoms with Crippen LogP contribution in [0, 0.1) is 0 Å². The van der Waals surface area contributed by atoms with E-state index in [4.69, 9.17) is 9.15 Å². The zero-order valence-electron chi connectivity index (χ0n) is 13.8. The molecule has 1 unspecified atom stereocenters. The number of rotatable bonds is 6. The fraction of sp³-hybridized carbons (Fsp3) is 0.389. The molecular formula is C18H21BrN2O4. The number of nitrogens with one attached hydrogen (secondary N) is 1. The summed E-state index contributed by atoms with van der Waals surface area (Å²) in [5.74, 6) is -0.0761. The molecule has 2 aromatic rings. The van der Waals surface area contributed by atoms with E-state index >= 15 is 0 Å². The Balaban J connectivity index is 1.51. The van der Waals surface area contributed by atoms with Gasteiger partial charge in [0.2, 0.25) is 0 Å². The van der Waals surface area contributed by atoms with Gasteiger partial charge in [0, 0.05) is 25.3 Å². The zero-order valence-corrected chi connectivity index (χ0v) is 15.4. The average molecular weight is 409 g/mol. The van der Waals surface area contributed by atoms with Gasteiger partial charge in [-0.15, -0.1) is 0 Å². The second-order valence-electron chi connectivity index (χ2n) is 5.94. The van der Waals surface area contributed by atoms with Crippen molar-refractivity contribution >= 4 is 27.5 Å². The van der Waals surface area contributed by atoms with E-state index in [1.165, 1.54) is 0 Å². The number of hydrogen-bond donors (Lipinski definition) is 2. The maximum Gasteiger partial charge on any atom is 0.291 e. The standard InChI is InChI=1S/C18H21BrN2O4/c19-17-6-5-16(25-17)18(23)20-14-3-1-13(2-4-14)15(22)7-8-21-9-11-24-12-10-21/h1-6,15,22H,7-12H2,(H,20,23). The highest BCUT2D eigenvalue weighted by molar-refractivity contribution is 9.10. The number of nitrogens with zero attached hydrogens (tertiary/aromatic N) is 1. The Morgan fingerprint density at radius 1 is 1.20 bits per heavy atom. The number of anilines is 1. The lowest BCUT2D eigenvalue weighted by Crippen LogP contribution is -2.37. The Bertz CT molecular complexity index is 695. The highest BCUT2D eigenvalue weighted by Gasteiger charge is 2.14. The molecular weight excluding hydrogens is 388 g/mol. The highest BCUT2D eigenvalue weighted by Crippen LogP contribution is 2.21. The van der Waals surface area contributed by atoms with E-state index in [0.29, 0.717) is 16.8 Å². The lowest BCUT2D eigenvalue weighted by molar-refractivity contribution is 0.0300. The molecule has 6 nitrogen and oxygen atoms in total. The van der Waals surface area contributed by atoms with Crippen LogP contribution in [0.15, 0.2) is 45.5 Å². The van der Waals surface area contributed by atoms with Crippen molar-refractivity contribution < 1.29 is 19.1 Å². The van der Waals surface area contributed by atoms with Crippen LogP contribution in [0.5, 0.6) is 0 Å². The first-order chi connectivity index (χ1) is 12.1. The molecule has 134 valence electrons. The van der Waals surface area contributed by atoms with Gasteiger partial charge in [-0.3, -0.25) is 9.69 Å². The molecule has 0 aliphatic carbocycles. The summed E-state index contributed by atoms with van der Waals surface area (Å²) in [5, 5.41) is 13.1. The van der Waals surface area contributed by atoms with Gasteiger partial charge in [-0.2, -0.15) is 0 Å². The summed E-state index contributed by atoms with van der Waals surface area (Å²) < 4.78 is 11.1. The third-order valence-electron chi connectivity index (χ3n) is 4.17. The van der Waals surface area contributed by atoms with Gasteiger partial charge in [0.15, 0.2) is 10.4 Å². The molecule has 0 bridgehead atoms. The van der Waals surface area contributed by atoms with E-state index in [1.54, 1.807) is 24.3 Å². The topological polar surface area (TPSA) is 74.9 Å². The zero-order chi connectivity index (χ0) is 17.6. The van der Waals surface area contributed by atoms with Crippen molar-refractivity contribution in [3.8, 4) is 0 Å². The van der Waals surface area contributed by atoms with Crippen LogP contribution in [0.25, 0.3) is 0 Å². The molecule has 2 heterocycles. The Labute approximate surface area is 154 Å². The normalized spacial score (nSPS) is 16.6. The van der Waals surface area contributed by atoms with Crippen molar-refractivity contribution in [2.24, 2.45) is 0 Å². The predicted octanol–water partition coefficient (Wildman–Crippen LogP) is 3.05. The van der Waals surface area contributed by atoms with Gasteiger partial charge in [0.1, 0.15) is 0 Å². The molecule has 1 fully saturated rings. The van der Waals surface area contributed by atoms with Gasteiger partial charge in [-0.1, -0.05) is 12.1 Å². The monoisotopic (exact) mass is 408 g/mol. The number of aliphatic hydroxyl groups excluding tert-OH is 1. The van der Waals surface area contributed by atoms with Crippen LogP contribution in [0.1, 0.15) is 28.6 Å². The van der Waals surface area contributed by atoms with E-state index < -0.39 is 6.10 Å². The molecule has 1 aliphatic heterocycles. The Hall–Kier alpha value is -1.67. The van der Waals surface area contributed by atoms with Crippen molar-refractivity contribution in [2.75, 3.05) is 38.2 Å². The van der Waals surface area contributed by atoms with Crippen molar-refractivity contribution in [1.29, 1.82) is 0 Å². The van der Waals surface area contributed by atoms with Gasteiger partial charge in [-0.05, 0) is 52.2 Å². The fourth-order valence-corrected chi connectivity index (χ4v) is 3.02. The third-order valence-corrected chi connectivity index (χ3v) is 4.60. The number of furan rings is 1. The molecule has 1 aliphatic rings. The molecule has 1 amide bonds. The SMILES string of the molecule is O=C(Nc1ccc(C(O)CCN2CCOCC2)cc1)c1ccc(Br)o1. The average Bonchev–Trinajstić information content (AvgIpc) is 3.08. The number of halogens is 1. The Morgan fingerprint density at radius 2 is 1.92 bits per heavy atom. The minimum absolute atomic E-state index is 0.237. The van der Waals surface area contributed by atoms with Crippen LogP contribution < -0.4 is 5.32 Å². The molecule has 3 rings (SSSR count). The lowest BCUT2D eigenvalue weighted by Gasteiger charge is -2.27. The highest BCUT2D eigenvalue weighted by atomic mass is 79.9. The van der Waals surface area contributed by atoms with E-state index in [-0.39, 0.29) is 11.7 Å². The van der Waals surface area contributed by atoms with E-state index in [9.17, 15) is 9.90 Å². The van der Waals surface area contributed by atoms with Gasteiger partial charge in [-0.25, -0.2) is 0 Å². The number of amides is 1. The van der Waals surface area contributed by atoms with E-state index in [0.717, 1.165) is 38.4 Å². The Kier molecular flexibility index (Phi) is 6.25. The number of carbonyl (C=O) groups excluding carboxylic acids is 1. The summed E-state index contributed by atoms with van der Waals surface area (Å²) in [6.07, 6.45) is 0.153. The van der Waals surface area contributed by atoms with Gasteiger partial charge >= 0.3 is 0 Å². The van der Waals surface area contributed by atoms with Crippen LogP contribution in [0.4, 0.5) is 5.69 Å². The molecule has 7 heteroatoms. The molecule has 1 saturated heterocycles. The minimum Gasteiger partial charge on any atom is -0.444 e. The first-order valence-electron chi connectivity index (χ1n) is 8.26. The maximum absolute atomic E-state index is 12.0. The number of aliphatic hydroxyl groups is 1. The third kappa shape index (κ3) is 5.15. The first kappa shape index (κ1) is 18.1. The van der Waals surface area contributed by atoms with Crippen LogP contribution in [0.3, 0.4) is 0 Å². The molecule has 1 atom stereocenters. The molecule has 0 spiro atoms. The Morgan fingerprint density at radius 3 is 2.56 bits per heavy atom. The second-order valence-corrected chi connectivity index (χ2v) is 6.72. The molecule has 0 saturated carbocycles. The number of morpholine rings is 1. The largest absolute Gasteiger partial charge is 0.444 e. The van der Waals surface area contributed by atoms with E-state index in [2.05, 4.69) is 26.1 Å². The summed E-state index contributed by atoms with van der Waals surface area (Å²) in [4.78, 5) is 14.3. The van der Waals surface area contributed by atoms with Crippen molar-refractivity contribution in [1.82, 2.24) is 4.90 Å². The van der Waals surface area contributed by atoms with Crippen LogP contribution in [-0.4, -0.2) is 48.8 Å². The smallest absolute Gasteiger partial charge is 0.291 e. The summed E-state index contributed by atoms with van der Waals surface area (Å²) >= 11 is 3.17. The predicted molar refractivity (Wildman–Crippen MR) is 97.6 cm³/mol. The number of hydrogen-bond acceptors (Lipinski definition) is 5. The molecule has 2 N–H and O–H groups in total. The number of carbonyl (C=O) groups is 1. The molecule has 1 aromatic carbocycles. The summed E-state index contributed by atoms with van der Waals surface area (Å²) in [5.41, 5.74) is 1.49. The van der Waals surface area contributed by atoms with Crippen molar-refractivity contribution in [2.45, 2.75) is 12.5 Å². The van der Waals surface area contributed by atoms with Crippen LogP contribution in [0.2, 0.25) is 0 Å². The van der Waals surface area contributed by atoms with Crippen molar-refractivity contribution in [3.05, 3.63) is 52.4 Å². The summed E-state index contributed by atoms with van der Waals surface area (Å²) in [6.45, 7) is 4.20. The molecule has 0 radical (unpaired) electrons. The second kappa shape index (κ2) is 8.62. The van der Waals surface area contributed by atoms with Gasteiger partial charge < -0.3 is 19.6 Å². The van der Waals surface area contributed by atoms with Gasteiger partial charge in [0.25, 0.3) is 5.91 Å². The quantitative estimate of drug-likeness (QED) is 0.767. The fourth-order valence-electron chi connectivity index (χ4n) is 2.71. The first-order valence-corrected chi connectivity index (χ1v) is 9.06. The van der Waals surface area contributed by atoms with Gasteiger partial charge in [0.05, 0.1) is 19.3 Å². The number of benzene rings is 1. The molecule has 1 aromatic heterocycles. The van der Waals surface area contributed by atoms with Crippen LogP contribution >= 0.6 is 15.9 Å². The van der Waals surface area contributed by atoms with Crippen LogP contribution in [-0.2, 0) is 4.74 Å². The van der Waals surface area contributed by atoms with E-state index in [1.807, 2.05) is 12.1 Å². The summed E-state index contributed by atoms with van der Waals surface area (Å²) in [7, 11) is 0. The lowest BCUT2D eigenvalue weighted by atomic mass is 10.1. The summed E-state index contributed by atoms with van der Waals surface area (Å²) in [6, 6.07) is 10.5. The molecule has 25 heavy (non-hydrogen) atoms. The van der Waals surface area contributed by atoms with Crippen molar-refractivity contribution in [3.63, 3.8) is 0 Å².